The van der Waals surface area contributed by atoms with Crippen LogP contribution in [0.4, 0.5) is 0 Å². The van der Waals surface area contributed by atoms with E-state index >= 15 is 0 Å². The number of benzene rings is 2. The Bertz CT molecular complexity index is 1200. The molecule has 1 aromatic heterocycles. The number of carboxylic acids is 1. The Morgan fingerprint density at radius 3 is 2.90 bits per heavy atom. The summed E-state index contributed by atoms with van der Waals surface area (Å²) in [6, 6.07) is 13.6. The standard InChI is InChI=1S/C24H21ClN2O3/c1-30-22-15-19(25)11-10-16(22)12-13-27-21-9-5-4-8-20(21)26-23(27)17-6-2-3-7-18(14-17)24(28)29/h2-5,7-11,14-15H,6,12-13H2,1H3,(H,28,29). The van der Waals surface area contributed by atoms with Crippen LogP contribution in [0.3, 0.4) is 0 Å². The number of para-hydroxylation sites is 2. The van der Waals surface area contributed by atoms with Crippen molar-refractivity contribution in [1.29, 1.82) is 0 Å². The molecule has 0 bridgehead atoms. The van der Waals surface area contributed by atoms with Gasteiger partial charge in [0.2, 0.25) is 0 Å². The molecule has 0 saturated carbocycles. The van der Waals surface area contributed by atoms with Gasteiger partial charge in [0.15, 0.2) is 0 Å². The number of hydrogen-bond acceptors (Lipinski definition) is 3. The van der Waals surface area contributed by atoms with Gasteiger partial charge in [0.05, 0.1) is 23.7 Å². The summed E-state index contributed by atoms with van der Waals surface area (Å²) in [4.78, 5) is 16.4. The second-order valence-corrected chi connectivity index (χ2v) is 7.45. The van der Waals surface area contributed by atoms with Crippen molar-refractivity contribution in [3.8, 4) is 5.75 Å². The third-order valence-electron chi connectivity index (χ3n) is 5.12. The molecule has 5 nitrogen and oxygen atoms in total. The maximum Gasteiger partial charge on any atom is 0.335 e. The Balaban J connectivity index is 1.76. The zero-order valence-electron chi connectivity index (χ0n) is 16.5. The van der Waals surface area contributed by atoms with Crippen LogP contribution in [-0.4, -0.2) is 27.7 Å². The Kier molecular flexibility index (Phi) is 5.72. The van der Waals surface area contributed by atoms with Crippen LogP contribution in [0.15, 0.2) is 72.3 Å². The highest BCUT2D eigenvalue weighted by Gasteiger charge is 2.17. The number of hydrogen-bond donors (Lipinski definition) is 1. The first-order valence-electron chi connectivity index (χ1n) is 9.65. The first kappa shape index (κ1) is 20.0. The van der Waals surface area contributed by atoms with Gasteiger partial charge in [-0.1, -0.05) is 42.0 Å². The first-order chi connectivity index (χ1) is 14.6. The summed E-state index contributed by atoms with van der Waals surface area (Å²) in [5.41, 5.74) is 4.06. The van der Waals surface area contributed by atoms with Crippen LogP contribution in [0.1, 0.15) is 17.8 Å². The molecule has 0 atom stereocenters. The predicted octanol–water partition coefficient (Wildman–Crippen LogP) is 5.30. The fourth-order valence-electron chi connectivity index (χ4n) is 3.65. The topological polar surface area (TPSA) is 64.3 Å². The number of allylic oxidation sites excluding steroid dienone is 4. The van der Waals surface area contributed by atoms with Crippen LogP contribution in [0.25, 0.3) is 16.6 Å². The van der Waals surface area contributed by atoms with Gasteiger partial charge in [0, 0.05) is 11.6 Å². The molecular weight excluding hydrogens is 400 g/mol. The molecule has 0 fully saturated rings. The normalized spacial score (nSPS) is 13.7. The van der Waals surface area contributed by atoms with E-state index in [4.69, 9.17) is 21.3 Å². The third-order valence-corrected chi connectivity index (χ3v) is 5.36. The number of aliphatic carboxylic acids is 1. The van der Waals surface area contributed by atoms with Gasteiger partial charge in [-0.15, -0.1) is 0 Å². The minimum atomic E-state index is -0.951. The van der Waals surface area contributed by atoms with E-state index in [2.05, 4.69) is 4.57 Å². The van der Waals surface area contributed by atoms with Crippen molar-refractivity contribution in [3.05, 3.63) is 88.8 Å². The highest BCUT2D eigenvalue weighted by atomic mass is 35.5. The highest BCUT2D eigenvalue weighted by Crippen LogP contribution is 2.29. The number of aryl methyl sites for hydroxylation is 2. The van der Waals surface area contributed by atoms with Crippen molar-refractivity contribution in [2.24, 2.45) is 0 Å². The number of nitrogens with zero attached hydrogens (tertiary/aromatic N) is 2. The summed E-state index contributed by atoms with van der Waals surface area (Å²) in [6.07, 6.45) is 8.38. The number of ether oxygens (including phenoxy) is 1. The SMILES string of the molecule is COc1cc(Cl)ccc1CCn1c(C2=CC(C(=O)O)=CC=CC2)nc2ccccc21. The summed E-state index contributed by atoms with van der Waals surface area (Å²) < 4.78 is 7.63. The molecule has 30 heavy (non-hydrogen) atoms. The fourth-order valence-corrected chi connectivity index (χ4v) is 3.82. The van der Waals surface area contributed by atoms with Gasteiger partial charge in [-0.3, -0.25) is 0 Å². The lowest BCUT2D eigenvalue weighted by Crippen LogP contribution is -2.07. The molecule has 3 aromatic rings. The third kappa shape index (κ3) is 4.02. The molecule has 1 heterocycles. The van der Waals surface area contributed by atoms with E-state index in [1.165, 1.54) is 0 Å². The monoisotopic (exact) mass is 420 g/mol. The van der Waals surface area contributed by atoms with Crippen molar-refractivity contribution in [1.82, 2.24) is 9.55 Å². The molecule has 1 aliphatic carbocycles. The highest BCUT2D eigenvalue weighted by molar-refractivity contribution is 6.30. The molecule has 0 amide bonds. The smallest absolute Gasteiger partial charge is 0.335 e. The van der Waals surface area contributed by atoms with Crippen LogP contribution in [-0.2, 0) is 17.8 Å². The number of rotatable bonds is 6. The van der Waals surface area contributed by atoms with E-state index in [1.807, 2.05) is 48.5 Å². The van der Waals surface area contributed by atoms with Crippen LogP contribution >= 0.6 is 11.6 Å². The summed E-state index contributed by atoms with van der Waals surface area (Å²) in [5, 5.41) is 10.1. The van der Waals surface area contributed by atoms with Gasteiger partial charge >= 0.3 is 5.97 Å². The molecule has 6 heteroatoms. The summed E-state index contributed by atoms with van der Waals surface area (Å²) >= 11 is 6.09. The summed E-state index contributed by atoms with van der Waals surface area (Å²) in [5.74, 6) is 0.580. The summed E-state index contributed by atoms with van der Waals surface area (Å²) in [7, 11) is 1.63. The average Bonchev–Trinajstić information content (AvgIpc) is 2.93. The van der Waals surface area contributed by atoms with E-state index in [0.29, 0.717) is 18.0 Å². The van der Waals surface area contributed by atoms with Crippen molar-refractivity contribution >= 4 is 34.2 Å². The minimum absolute atomic E-state index is 0.247. The van der Waals surface area contributed by atoms with Crippen molar-refractivity contribution < 1.29 is 14.6 Å². The Labute approximate surface area is 179 Å². The molecule has 4 rings (SSSR count). The van der Waals surface area contributed by atoms with Gasteiger partial charge in [0.1, 0.15) is 11.6 Å². The number of halogens is 1. The zero-order chi connectivity index (χ0) is 21.1. The number of methoxy groups -OCH3 is 1. The maximum atomic E-state index is 11.6. The van der Waals surface area contributed by atoms with E-state index < -0.39 is 5.97 Å². The van der Waals surface area contributed by atoms with Crippen LogP contribution in [0.5, 0.6) is 5.75 Å². The lowest BCUT2D eigenvalue weighted by atomic mass is 10.1. The first-order valence-corrected chi connectivity index (χ1v) is 10.0. The van der Waals surface area contributed by atoms with Crippen LogP contribution in [0, 0.1) is 0 Å². The van der Waals surface area contributed by atoms with E-state index in [9.17, 15) is 9.90 Å². The van der Waals surface area contributed by atoms with E-state index in [1.54, 1.807) is 25.3 Å². The van der Waals surface area contributed by atoms with Gasteiger partial charge in [-0.05, 0) is 60.4 Å². The van der Waals surface area contributed by atoms with Crippen molar-refractivity contribution in [3.63, 3.8) is 0 Å². The number of aromatic nitrogens is 2. The lowest BCUT2D eigenvalue weighted by molar-refractivity contribution is -0.132. The molecular formula is C24H21ClN2O3. The fraction of sp³-hybridized carbons (Fsp3) is 0.167. The molecule has 1 aliphatic rings. The molecule has 0 unspecified atom stereocenters. The predicted molar refractivity (Wildman–Crippen MR) is 119 cm³/mol. The lowest BCUT2D eigenvalue weighted by Gasteiger charge is -2.13. The molecule has 2 aromatic carbocycles. The zero-order valence-corrected chi connectivity index (χ0v) is 17.3. The van der Waals surface area contributed by atoms with Gasteiger partial charge in [-0.25, -0.2) is 9.78 Å². The molecule has 0 radical (unpaired) electrons. The minimum Gasteiger partial charge on any atom is -0.496 e. The van der Waals surface area contributed by atoms with Gasteiger partial charge in [-0.2, -0.15) is 0 Å². The quantitative estimate of drug-likeness (QED) is 0.588. The van der Waals surface area contributed by atoms with Gasteiger partial charge in [0.25, 0.3) is 0 Å². The second-order valence-electron chi connectivity index (χ2n) is 7.01. The molecule has 0 saturated heterocycles. The van der Waals surface area contributed by atoms with Crippen LogP contribution in [0.2, 0.25) is 5.02 Å². The Morgan fingerprint density at radius 1 is 1.27 bits per heavy atom. The molecule has 0 spiro atoms. The Morgan fingerprint density at radius 2 is 2.10 bits per heavy atom. The van der Waals surface area contributed by atoms with Crippen molar-refractivity contribution in [2.75, 3.05) is 7.11 Å². The molecule has 0 aliphatic heterocycles. The molecule has 1 N–H and O–H groups in total. The molecule has 152 valence electrons. The second kappa shape index (κ2) is 8.59. The number of imidazole rings is 1. The van der Waals surface area contributed by atoms with E-state index in [-0.39, 0.29) is 5.57 Å². The maximum absolute atomic E-state index is 11.6. The number of carboxylic acid groups (broad SMARTS) is 1. The van der Waals surface area contributed by atoms with Crippen molar-refractivity contribution in [2.45, 2.75) is 19.4 Å². The van der Waals surface area contributed by atoms with Crippen LogP contribution < -0.4 is 4.74 Å². The Hall–Kier alpha value is -3.31. The average molecular weight is 421 g/mol. The largest absolute Gasteiger partial charge is 0.496 e. The van der Waals surface area contributed by atoms with E-state index in [0.717, 1.165) is 40.2 Å². The number of fused-ring (bicyclic) bond motifs is 1. The summed E-state index contributed by atoms with van der Waals surface area (Å²) in [6.45, 7) is 0.668. The number of carbonyl (C=O) groups is 1. The van der Waals surface area contributed by atoms with Gasteiger partial charge < -0.3 is 14.4 Å².